The number of rotatable bonds is 3. The molecule has 100 valence electrons. The highest BCUT2D eigenvalue weighted by Crippen LogP contribution is 2.33. The van der Waals surface area contributed by atoms with E-state index >= 15 is 0 Å². The average Bonchev–Trinajstić information content (AvgIpc) is 2.90. The van der Waals surface area contributed by atoms with Crippen molar-refractivity contribution in [1.29, 1.82) is 0 Å². The number of carboxylic acids is 1. The summed E-state index contributed by atoms with van der Waals surface area (Å²) < 4.78 is 6.37. The second-order valence-corrected chi connectivity index (χ2v) is 5.62. The lowest BCUT2D eigenvalue weighted by molar-refractivity contribution is 0.0696. The predicted octanol–water partition coefficient (Wildman–Crippen LogP) is 3.94. The van der Waals surface area contributed by atoms with Crippen molar-refractivity contribution >= 4 is 43.5 Å². The van der Waals surface area contributed by atoms with Crippen molar-refractivity contribution < 1.29 is 14.6 Å². The van der Waals surface area contributed by atoms with E-state index in [0.29, 0.717) is 16.1 Å². The molecule has 0 unspecified atom stereocenters. The van der Waals surface area contributed by atoms with E-state index in [1.54, 1.807) is 6.07 Å². The van der Waals surface area contributed by atoms with Crippen LogP contribution >= 0.6 is 27.3 Å². The van der Waals surface area contributed by atoms with Gasteiger partial charge in [0.1, 0.15) is 16.9 Å². The van der Waals surface area contributed by atoms with Gasteiger partial charge >= 0.3 is 5.97 Å². The van der Waals surface area contributed by atoms with Crippen molar-refractivity contribution in [1.82, 2.24) is 9.97 Å². The molecule has 0 bridgehead atoms. The zero-order chi connectivity index (χ0) is 14.1. The summed E-state index contributed by atoms with van der Waals surface area (Å²) in [6.45, 7) is 0. The number of aromatic carboxylic acids is 1. The number of thiophene rings is 1. The Morgan fingerprint density at radius 3 is 2.95 bits per heavy atom. The van der Waals surface area contributed by atoms with Crippen LogP contribution in [0.1, 0.15) is 10.4 Å². The molecule has 0 aliphatic carbocycles. The van der Waals surface area contributed by atoms with E-state index in [0.717, 1.165) is 10.2 Å². The van der Waals surface area contributed by atoms with Crippen LogP contribution in [0.5, 0.6) is 11.6 Å². The van der Waals surface area contributed by atoms with E-state index in [9.17, 15) is 4.79 Å². The molecule has 3 rings (SSSR count). The van der Waals surface area contributed by atoms with Crippen LogP contribution < -0.4 is 4.74 Å². The Hall–Kier alpha value is -1.99. The highest BCUT2D eigenvalue weighted by atomic mass is 79.9. The average molecular weight is 351 g/mol. The number of hydrogen-bond acceptors (Lipinski definition) is 5. The molecule has 0 amide bonds. The van der Waals surface area contributed by atoms with Crippen molar-refractivity contribution in [2.24, 2.45) is 0 Å². The number of carboxylic acid groups (broad SMARTS) is 1. The standard InChI is InChI=1S/C13H7BrN2O3S/c14-9-2-1-7(13(17)18)5-10(9)19-11-8-3-4-20-12(8)16-6-15-11/h1-6H,(H,17,18). The van der Waals surface area contributed by atoms with Gasteiger partial charge in [-0.3, -0.25) is 0 Å². The fourth-order valence-electron chi connectivity index (χ4n) is 1.67. The molecule has 2 aromatic heterocycles. The molecule has 0 fully saturated rings. The van der Waals surface area contributed by atoms with E-state index in [1.165, 1.54) is 29.8 Å². The van der Waals surface area contributed by atoms with Gasteiger partial charge in [0.2, 0.25) is 5.88 Å². The van der Waals surface area contributed by atoms with Gasteiger partial charge < -0.3 is 9.84 Å². The Labute approximate surface area is 126 Å². The molecule has 0 aliphatic rings. The van der Waals surface area contributed by atoms with Crippen LogP contribution in [0.25, 0.3) is 10.2 Å². The van der Waals surface area contributed by atoms with E-state index in [-0.39, 0.29) is 5.56 Å². The monoisotopic (exact) mass is 350 g/mol. The number of aromatic nitrogens is 2. The molecule has 2 heterocycles. The van der Waals surface area contributed by atoms with E-state index in [2.05, 4.69) is 25.9 Å². The molecule has 1 N–H and O–H groups in total. The number of halogens is 1. The molecule has 0 saturated carbocycles. The minimum atomic E-state index is -1.01. The Bertz CT molecular complexity index is 803. The summed E-state index contributed by atoms with van der Waals surface area (Å²) in [6, 6.07) is 6.45. The van der Waals surface area contributed by atoms with Gasteiger partial charge in [-0.2, -0.15) is 0 Å². The molecule has 0 saturated heterocycles. The molecule has 20 heavy (non-hydrogen) atoms. The molecule has 5 nitrogen and oxygen atoms in total. The van der Waals surface area contributed by atoms with Crippen molar-refractivity contribution in [3.8, 4) is 11.6 Å². The highest BCUT2D eigenvalue weighted by Gasteiger charge is 2.12. The lowest BCUT2D eigenvalue weighted by atomic mass is 10.2. The zero-order valence-electron chi connectivity index (χ0n) is 9.91. The van der Waals surface area contributed by atoms with E-state index in [4.69, 9.17) is 9.84 Å². The van der Waals surface area contributed by atoms with Gasteiger partial charge in [0.25, 0.3) is 0 Å². The van der Waals surface area contributed by atoms with Crippen LogP contribution in [0, 0.1) is 0 Å². The van der Waals surface area contributed by atoms with Crippen LogP contribution in [0.15, 0.2) is 40.4 Å². The number of fused-ring (bicyclic) bond motifs is 1. The molecule has 0 aliphatic heterocycles. The molecule has 7 heteroatoms. The van der Waals surface area contributed by atoms with Crippen LogP contribution in [-0.4, -0.2) is 21.0 Å². The van der Waals surface area contributed by atoms with Gasteiger partial charge in [0, 0.05) is 0 Å². The van der Waals surface area contributed by atoms with Gasteiger partial charge in [-0.25, -0.2) is 14.8 Å². The number of benzene rings is 1. The molecule has 3 aromatic rings. The summed E-state index contributed by atoms with van der Waals surface area (Å²) in [5.74, 6) is -0.207. The largest absolute Gasteiger partial charge is 0.478 e. The van der Waals surface area contributed by atoms with Crippen LogP contribution in [0.2, 0.25) is 0 Å². The Balaban J connectivity index is 2.04. The Kier molecular flexibility index (Phi) is 3.37. The summed E-state index contributed by atoms with van der Waals surface area (Å²) in [4.78, 5) is 20.0. The van der Waals surface area contributed by atoms with Crippen molar-refractivity contribution in [3.05, 3.63) is 46.0 Å². The third kappa shape index (κ3) is 2.37. The summed E-state index contributed by atoms with van der Waals surface area (Å²) in [5, 5.41) is 11.7. The number of nitrogens with zero attached hydrogens (tertiary/aromatic N) is 2. The van der Waals surface area contributed by atoms with Crippen molar-refractivity contribution in [3.63, 3.8) is 0 Å². The Morgan fingerprint density at radius 2 is 2.15 bits per heavy atom. The number of hydrogen-bond donors (Lipinski definition) is 1. The smallest absolute Gasteiger partial charge is 0.335 e. The summed E-state index contributed by atoms with van der Waals surface area (Å²) >= 11 is 4.82. The third-order valence-corrected chi connectivity index (χ3v) is 4.09. The van der Waals surface area contributed by atoms with E-state index in [1.807, 2.05) is 11.4 Å². The molecule has 0 radical (unpaired) electrons. The SMILES string of the molecule is O=C(O)c1ccc(Br)c(Oc2ncnc3sccc23)c1. The fraction of sp³-hybridized carbons (Fsp3) is 0. The maximum Gasteiger partial charge on any atom is 0.335 e. The normalized spacial score (nSPS) is 10.7. The highest BCUT2D eigenvalue weighted by molar-refractivity contribution is 9.10. The van der Waals surface area contributed by atoms with Gasteiger partial charge in [-0.15, -0.1) is 11.3 Å². The number of ether oxygens (including phenoxy) is 1. The maximum absolute atomic E-state index is 11.0. The fourth-order valence-corrected chi connectivity index (χ4v) is 2.72. The van der Waals surface area contributed by atoms with Gasteiger partial charge in [-0.1, -0.05) is 0 Å². The van der Waals surface area contributed by atoms with Crippen LogP contribution in [0.4, 0.5) is 0 Å². The molecule has 1 aromatic carbocycles. The first-order valence-corrected chi connectivity index (χ1v) is 7.21. The van der Waals surface area contributed by atoms with Crippen LogP contribution in [0.3, 0.4) is 0 Å². The zero-order valence-corrected chi connectivity index (χ0v) is 12.3. The minimum Gasteiger partial charge on any atom is -0.478 e. The van der Waals surface area contributed by atoms with Gasteiger partial charge in [-0.05, 0) is 45.6 Å². The first-order chi connectivity index (χ1) is 9.65. The molecule has 0 atom stereocenters. The minimum absolute atomic E-state index is 0.152. The van der Waals surface area contributed by atoms with Crippen molar-refractivity contribution in [2.75, 3.05) is 0 Å². The predicted molar refractivity (Wildman–Crippen MR) is 78.6 cm³/mol. The first-order valence-electron chi connectivity index (χ1n) is 5.54. The maximum atomic E-state index is 11.0. The first kappa shape index (κ1) is 13.0. The van der Waals surface area contributed by atoms with E-state index < -0.39 is 5.97 Å². The second kappa shape index (κ2) is 5.18. The molecular formula is C13H7BrN2O3S. The van der Waals surface area contributed by atoms with Gasteiger partial charge in [0.05, 0.1) is 15.4 Å². The molecular weight excluding hydrogens is 344 g/mol. The number of carbonyl (C=O) groups is 1. The topological polar surface area (TPSA) is 72.3 Å². The summed E-state index contributed by atoms with van der Waals surface area (Å²) in [5.41, 5.74) is 0.152. The lowest BCUT2D eigenvalue weighted by Crippen LogP contribution is -1.97. The third-order valence-electron chi connectivity index (χ3n) is 2.61. The Morgan fingerprint density at radius 1 is 1.30 bits per heavy atom. The summed E-state index contributed by atoms with van der Waals surface area (Å²) in [7, 11) is 0. The van der Waals surface area contributed by atoms with Crippen LogP contribution in [-0.2, 0) is 0 Å². The van der Waals surface area contributed by atoms with Gasteiger partial charge in [0.15, 0.2) is 0 Å². The molecule has 0 spiro atoms. The quantitative estimate of drug-likeness (QED) is 0.774. The summed E-state index contributed by atoms with van der Waals surface area (Å²) in [6.07, 6.45) is 1.42. The lowest BCUT2D eigenvalue weighted by Gasteiger charge is -2.08. The second-order valence-electron chi connectivity index (χ2n) is 3.87. The van der Waals surface area contributed by atoms with Crippen molar-refractivity contribution in [2.45, 2.75) is 0 Å².